The van der Waals surface area contributed by atoms with Gasteiger partial charge in [-0.25, -0.2) is 12.7 Å². The van der Waals surface area contributed by atoms with Gasteiger partial charge in [0.2, 0.25) is 0 Å². The van der Waals surface area contributed by atoms with Crippen molar-refractivity contribution in [3.8, 4) is 0 Å². The molecule has 0 aliphatic carbocycles. The number of carbonyl (C=O) groups is 1. The number of nitrogens with two attached hydrogens (primary N) is 1. The summed E-state index contributed by atoms with van der Waals surface area (Å²) in [5.41, 5.74) is 5.37. The summed E-state index contributed by atoms with van der Waals surface area (Å²) in [6, 6.07) is 3.58. The van der Waals surface area contributed by atoms with E-state index in [1.807, 2.05) is 0 Å². The zero-order valence-corrected chi connectivity index (χ0v) is 10.3. The molecular formula is C10H9F3N2O3S. The number of carbonyl (C=O) groups excluding carboxylic acids is 1. The number of benzene rings is 1. The summed E-state index contributed by atoms with van der Waals surface area (Å²) in [5, 5.41) is 0. The van der Waals surface area contributed by atoms with Crippen LogP contribution in [0.2, 0.25) is 0 Å². The van der Waals surface area contributed by atoms with Crippen LogP contribution < -0.4 is 5.73 Å². The Labute approximate surface area is 106 Å². The normalized spacial score (nSPS) is 17.6. The number of fused-ring (bicyclic) bond motifs is 1. The molecule has 1 aromatic carbocycles. The Bertz CT molecular complexity index is 640. The highest BCUT2D eigenvalue weighted by Crippen LogP contribution is 2.33. The van der Waals surface area contributed by atoms with E-state index in [9.17, 15) is 26.4 Å². The third kappa shape index (κ3) is 2.37. The first kappa shape index (κ1) is 13.7. The monoisotopic (exact) mass is 294 g/mol. The Morgan fingerprint density at radius 2 is 1.89 bits per heavy atom. The molecule has 2 rings (SSSR count). The Morgan fingerprint density at radius 3 is 2.47 bits per heavy atom. The lowest BCUT2D eigenvalue weighted by Gasteiger charge is -2.15. The van der Waals surface area contributed by atoms with Crippen molar-refractivity contribution in [3.05, 3.63) is 23.8 Å². The van der Waals surface area contributed by atoms with Gasteiger partial charge in [-0.2, -0.15) is 13.2 Å². The average Bonchev–Trinajstić information content (AvgIpc) is 2.44. The van der Waals surface area contributed by atoms with Crippen molar-refractivity contribution in [2.24, 2.45) is 0 Å². The number of hydrogen-bond acceptors (Lipinski definition) is 4. The molecule has 1 amide bonds. The number of nitrogen functional groups attached to an aromatic ring is 1. The smallest absolute Gasteiger partial charge is 0.390 e. The zero-order chi connectivity index (χ0) is 14.4. The van der Waals surface area contributed by atoms with Gasteiger partial charge in [-0.3, -0.25) is 4.79 Å². The molecule has 5 nitrogen and oxygen atoms in total. The van der Waals surface area contributed by atoms with E-state index in [1.165, 1.54) is 12.1 Å². The van der Waals surface area contributed by atoms with Crippen LogP contribution in [0.25, 0.3) is 0 Å². The van der Waals surface area contributed by atoms with Crippen LogP contribution in [0.1, 0.15) is 16.8 Å². The van der Waals surface area contributed by atoms with Crippen molar-refractivity contribution in [1.29, 1.82) is 0 Å². The van der Waals surface area contributed by atoms with Crippen LogP contribution in [0.4, 0.5) is 18.9 Å². The van der Waals surface area contributed by atoms with Gasteiger partial charge in [0.05, 0.1) is 12.0 Å². The maximum Gasteiger partial charge on any atom is 0.390 e. The summed E-state index contributed by atoms with van der Waals surface area (Å²) in [5.74, 6) is -0.959. The minimum absolute atomic E-state index is 0.118. The van der Waals surface area contributed by atoms with Gasteiger partial charge in [-0.05, 0) is 18.2 Å². The number of nitrogens with zero attached hydrogens (tertiary/aromatic N) is 1. The molecule has 1 aliphatic rings. The summed E-state index contributed by atoms with van der Waals surface area (Å²) in [7, 11) is -4.24. The Hall–Kier alpha value is -1.77. The SMILES string of the molecule is Nc1ccc2c(c1)S(=O)(=O)N(CCC(F)(F)F)C2=O. The zero-order valence-electron chi connectivity index (χ0n) is 9.44. The van der Waals surface area contributed by atoms with E-state index in [0.717, 1.165) is 6.07 Å². The number of anilines is 1. The second-order valence-electron chi connectivity index (χ2n) is 4.00. The van der Waals surface area contributed by atoms with Gasteiger partial charge in [0.1, 0.15) is 4.90 Å². The van der Waals surface area contributed by atoms with Gasteiger partial charge in [-0.1, -0.05) is 0 Å². The van der Waals surface area contributed by atoms with Gasteiger partial charge in [0, 0.05) is 12.2 Å². The highest BCUT2D eigenvalue weighted by atomic mass is 32.2. The second kappa shape index (κ2) is 4.12. The first-order valence-corrected chi connectivity index (χ1v) is 6.60. The number of amides is 1. The minimum atomic E-state index is -4.54. The standard InChI is InChI=1S/C10H9F3N2O3S/c11-10(12,13)3-4-15-9(16)7-2-1-6(14)5-8(7)19(15,17)18/h1-2,5H,3-4,14H2. The van der Waals surface area contributed by atoms with Crippen LogP contribution >= 0.6 is 0 Å². The van der Waals surface area contributed by atoms with E-state index >= 15 is 0 Å². The largest absolute Gasteiger partial charge is 0.399 e. The molecule has 0 saturated heterocycles. The van der Waals surface area contributed by atoms with E-state index in [0.29, 0.717) is 0 Å². The second-order valence-corrected chi connectivity index (χ2v) is 5.83. The van der Waals surface area contributed by atoms with E-state index in [-0.39, 0.29) is 20.5 Å². The predicted molar refractivity (Wildman–Crippen MR) is 59.7 cm³/mol. The molecule has 0 aromatic heterocycles. The first-order chi connectivity index (χ1) is 8.63. The van der Waals surface area contributed by atoms with Crippen LogP contribution in [0, 0.1) is 0 Å². The number of rotatable bonds is 2. The quantitative estimate of drug-likeness (QED) is 0.835. The maximum atomic E-state index is 12.1. The lowest BCUT2D eigenvalue weighted by Crippen LogP contribution is -2.33. The van der Waals surface area contributed by atoms with E-state index in [2.05, 4.69) is 0 Å². The molecule has 104 valence electrons. The van der Waals surface area contributed by atoms with Gasteiger partial charge >= 0.3 is 6.18 Å². The summed E-state index contributed by atoms with van der Waals surface area (Å²) in [6.45, 7) is -0.931. The molecule has 1 heterocycles. The lowest BCUT2D eigenvalue weighted by molar-refractivity contribution is -0.134. The fraction of sp³-hybridized carbons (Fsp3) is 0.300. The number of sulfonamides is 1. The summed E-state index contributed by atoms with van der Waals surface area (Å²) in [6.07, 6.45) is -5.93. The highest BCUT2D eigenvalue weighted by molar-refractivity contribution is 7.90. The van der Waals surface area contributed by atoms with Crippen LogP contribution in [-0.2, 0) is 10.0 Å². The fourth-order valence-corrected chi connectivity index (χ4v) is 3.35. The number of halogens is 3. The summed E-state index contributed by atoms with van der Waals surface area (Å²) < 4.78 is 60.5. The maximum absolute atomic E-state index is 12.1. The molecule has 2 N–H and O–H groups in total. The Balaban J connectivity index is 2.38. The van der Waals surface area contributed by atoms with E-state index in [1.54, 1.807) is 0 Å². The van der Waals surface area contributed by atoms with E-state index in [4.69, 9.17) is 5.73 Å². The molecule has 19 heavy (non-hydrogen) atoms. The number of hydrogen-bond donors (Lipinski definition) is 1. The lowest BCUT2D eigenvalue weighted by atomic mass is 10.2. The Morgan fingerprint density at radius 1 is 1.26 bits per heavy atom. The fourth-order valence-electron chi connectivity index (χ4n) is 1.74. The third-order valence-corrected chi connectivity index (χ3v) is 4.45. The third-order valence-electron chi connectivity index (χ3n) is 2.63. The van der Waals surface area contributed by atoms with Crippen molar-refractivity contribution in [2.75, 3.05) is 12.3 Å². The van der Waals surface area contributed by atoms with Gasteiger partial charge in [0.25, 0.3) is 15.9 Å². The molecule has 0 spiro atoms. The molecule has 0 atom stereocenters. The Kier molecular flexibility index (Phi) is 2.96. The van der Waals surface area contributed by atoms with Crippen LogP contribution in [0.5, 0.6) is 0 Å². The average molecular weight is 294 g/mol. The van der Waals surface area contributed by atoms with Crippen LogP contribution in [0.15, 0.2) is 23.1 Å². The van der Waals surface area contributed by atoms with Crippen molar-refractivity contribution in [1.82, 2.24) is 4.31 Å². The van der Waals surface area contributed by atoms with Crippen molar-refractivity contribution >= 4 is 21.6 Å². The van der Waals surface area contributed by atoms with Crippen LogP contribution in [-0.4, -0.2) is 31.4 Å². The molecule has 0 bridgehead atoms. The summed E-state index contributed by atoms with van der Waals surface area (Å²) >= 11 is 0. The van der Waals surface area contributed by atoms with Crippen molar-refractivity contribution in [2.45, 2.75) is 17.5 Å². The predicted octanol–water partition coefficient (Wildman–Crippen LogP) is 1.37. The minimum Gasteiger partial charge on any atom is -0.399 e. The van der Waals surface area contributed by atoms with Crippen molar-refractivity contribution in [3.63, 3.8) is 0 Å². The molecule has 9 heteroatoms. The molecule has 0 saturated carbocycles. The first-order valence-electron chi connectivity index (χ1n) is 5.16. The summed E-state index contributed by atoms with van der Waals surface area (Å²) in [4.78, 5) is 11.4. The molecule has 1 aliphatic heterocycles. The van der Waals surface area contributed by atoms with Gasteiger partial charge in [-0.15, -0.1) is 0 Å². The van der Waals surface area contributed by atoms with Crippen molar-refractivity contribution < 1.29 is 26.4 Å². The molecule has 0 unspecified atom stereocenters. The molecule has 1 aromatic rings. The topological polar surface area (TPSA) is 80.5 Å². The highest BCUT2D eigenvalue weighted by Gasteiger charge is 2.42. The molecule has 0 radical (unpaired) electrons. The van der Waals surface area contributed by atoms with Crippen LogP contribution in [0.3, 0.4) is 0 Å². The van der Waals surface area contributed by atoms with Gasteiger partial charge < -0.3 is 5.73 Å². The van der Waals surface area contributed by atoms with Gasteiger partial charge in [0.15, 0.2) is 0 Å². The molecular weight excluding hydrogens is 285 g/mol. The molecule has 0 fully saturated rings. The number of alkyl halides is 3. The van der Waals surface area contributed by atoms with E-state index < -0.39 is 35.1 Å².